The number of rotatable bonds is 13. The topological polar surface area (TPSA) is 179 Å². The number of fused-ring (bicyclic) bond motifs is 2. The number of amides is 3. The SMILES string of the molecule is CCNC(=O)C1OC(n2cnc3c(NCc4cccc5ccccc45)nc(CNC(=O)NCCN(C(C)C)C(C)C)nc32)C(O)C1O. The Hall–Kier alpha value is -4.37. The Bertz CT molecular complexity index is 1680. The summed E-state index contributed by atoms with van der Waals surface area (Å²) in [6, 6.07) is 14.5. The van der Waals surface area contributed by atoms with E-state index in [0.717, 1.165) is 16.3 Å². The highest BCUT2D eigenvalue weighted by Gasteiger charge is 2.47. The predicted molar refractivity (Wildman–Crippen MR) is 178 cm³/mol. The molecule has 2 aromatic heterocycles. The second kappa shape index (κ2) is 15.0. The Morgan fingerprint density at radius 1 is 0.957 bits per heavy atom. The number of nitrogens with zero attached hydrogens (tertiary/aromatic N) is 5. The number of aromatic nitrogens is 4. The molecule has 3 amide bonds. The number of nitrogens with one attached hydrogen (secondary N) is 4. The van der Waals surface area contributed by atoms with Gasteiger partial charge in [0.1, 0.15) is 12.2 Å². The van der Waals surface area contributed by atoms with E-state index in [1.54, 1.807) is 6.92 Å². The van der Waals surface area contributed by atoms with E-state index in [-0.39, 0.29) is 18.4 Å². The van der Waals surface area contributed by atoms with Crippen LogP contribution in [0.3, 0.4) is 0 Å². The normalized spacial score (nSPS) is 19.6. The fraction of sp³-hybridized carbons (Fsp3) is 0.485. The van der Waals surface area contributed by atoms with Crippen molar-refractivity contribution in [3.05, 3.63) is 60.2 Å². The maximum Gasteiger partial charge on any atom is 0.315 e. The zero-order valence-corrected chi connectivity index (χ0v) is 27.5. The number of imidazole rings is 1. The number of likely N-dealkylation sites (N-methyl/N-ethyl adjacent to an activating group) is 1. The van der Waals surface area contributed by atoms with Crippen molar-refractivity contribution in [3.63, 3.8) is 0 Å². The monoisotopic (exact) mass is 647 g/mol. The lowest BCUT2D eigenvalue weighted by atomic mass is 10.0. The summed E-state index contributed by atoms with van der Waals surface area (Å²) in [5, 5.41) is 35.5. The van der Waals surface area contributed by atoms with Crippen molar-refractivity contribution in [1.82, 2.24) is 40.4 Å². The molecule has 0 spiro atoms. The highest BCUT2D eigenvalue weighted by atomic mass is 16.6. The van der Waals surface area contributed by atoms with Crippen molar-refractivity contribution in [2.45, 2.75) is 84.3 Å². The van der Waals surface area contributed by atoms with E-state index >= 15 is 0 Å². The molecule has 252 valence electrons. The molecule has 6 N–H and O–H groups in total. The van der Waals surface area contributed by atoms with Gasteiger partial charge < -0.3 is 36.2 Å². The minimum Gasteiger partial charge on any atom is -0.387 e. The molecular weight excluding hydrogens is 602 g/mol. The molecule has 1 saturated heterocycles. The van der Waals surface area contributed by atoms with Gasteiger partial charge in [-0.1, -0.05) is 42.5 Å². The number of benzene rings is 2. The van der Waals surface area contributed by atoms with Gasteiger partial charge in [-0.25, -0.2) is 19.7 Å². The van der Waals surface area contributed by atoms with E-state index in [0.29, 0.717) is 55.2 Å². The van der Waals surface area contributed by atoms with Crippen molar-refractivity contribution in [1.29, 1.82) is 0 Å². The van der Waals surface area contributed by atoms with Gasteiger partial charge in [-0.05, 0) is 51.0 Å². The van der Waals surface area contributed by atoms with Gasteiger partial charge in [0.2, 0.25) is 0 Å². The predicted octanol–water partition coefficient (Wildman–Crippen LogP) is 2.26. The van der Waals surface area contributed by atoms with Crippen LogP contribution in [-0.2, 0) is 22.6 Å². The van der Waals surface area contributed by atoms with Crippen molar-refractivity contribution in [2.24, 2.45) is 0 Å². The van der Waals surface area contributed by atoms with Crippen molar-refractivity contribution < 1.29 is 24.5 Å². The lowest BCUT2D eigenvalue weighted by Gasteiger charge is -2.30. The van der Waals surface area contributed by atoms with Gasteiger partial charge in [-0.2, -0.15) is 0 Å². The molecule has 4 aromatic rings. The second-order valence-electron chi connectivity index (χ2n) is 12.2. The van der Waals surface area contributed by atoms with Gasteiger partial charge in [-0.3, -0.25) is 14.3 Å². The summed E-state index contributed by atoms with van der Waals surface area (Å²) in [7, 11) is 0. The Labute approximate surface area is 273 Å². The summed E-state index contributed by atoms with van der Waals surface area (Å²) in [4.78, 5) is 41.4. The molecular formula is C33H45N9O5. The first-order valence-corrected chi connectivity index (χ1v) is 16.1. The van der Waals surface area contributed by atoms with Gasteiger partial charge in [0.05, 0.1) is 12.9 Å². The largest absolute Gasteiger partial charge is 0.387 e. The Kier molecular flexibility index (Phi) is 10.9. The van der Waals surface area contributed by atoms with Gasteiger partial charge in [0.25, 0.3) is 5.91 Å². The summed E-state index contributed by atoms with van der Waals surface area (Å²) in [6.45, 7) is 12.2. The third-order valence-corrected chi connectivity index (χ3v) is 8.31. The van der Waals surface area contributed by atoms with E-state index in [4.69, 9.17) is 9.72 Å². The zero-order chi connectivity index (χ0) is 33.7. The average molecular weight is 648 g/mol. The van der Waals surface area contributed by atoms with Crippen LogP contribution >= 0.6 is 0 Å². The summed E-state index contributed by atoms with van der Waals surface area (Å²) in [5.41, 5.74) is 1.75. The van der Waals surface area contributed by atoms with Crippen molar-refractivity contribution in [3.8, 4) is 0 Å². The van der Waals surface area contributed by atoms with Gasteiger partial charge >= 0.3 is 6.03 Å². The van der Waals surface area contributed by atoms with Crippen LogP contribution in [-0.4, -0.2) is 96.6 Å². The van der Waals surface area contributed by atoms with Crippen LogP contribution in [0.15, 0.2) is 48.8 Å². The fourth-order valence-corrected chi connectivity index (χ4v) is 5.99. The molecule has 1 fully saturated rings. The van der Waals surface area contributed by atoms with E-state index in [1.165, 1.54) is 10.9 Å². The Morgan fingerprint density at radius 2 is 1.70 bits per heavy atom. The molecule has 14 nitrogen and oxygen atoms in total. The van der Waals surface area contributed by atoms with Gasteiger partial charge in [-0.15, -0.1) is 0 Å². The molecule has 0 aliphatic carbocycles. The second-order valence-corrected chi connectivity index (χ2v) is 12.2. The lowest BCUT2D eigenvalue weighted by molar-refractivity contribution is -0.137. The number of aliphatic hydroxyl groups is 2. The van der Waals surface area contributed by atoms with Crippen LogP contribution in [0.1, 0.15) is 52.2 Å². The van der Waals surface area contributed by atoms with E-state index in [2.05, 4.69) is 82.0 Å². The minimum atomic E-state index is -1.46. The molecule has 4 unspecified atom stereocenters. The number of hydrogen-bond acceptors (Lipinski definition) is 10. The summed E-state index contributed by atoms with van der Waals surface area (Å²) >= 11 is 0. The maximum absolute atomic E-state index is 12.7. The Morgan fingerprint density at radius 3 is 2.45 bits per heavy atom. The van der Waals surface area contributed by atoms with Crippen LogP contribution in [0.25, 0.3) is 21.9 Å². The molecule has 2 aromatic carbocycles. The minimum absolute atomic E-state index is 0.00616. The molecule has 1 aliphatic rings. The highest BCUT2D eigenvalue weighted by molar-refractivity contribution is 5.87. The third kappa shape index (κ3) is 7.62. The summed E-state index contributed by atoms with van der Waals surface area (Å²) in [6.07, 6.45) is -3.86. The highest BCUT2D eigenvalue weighted by Crippen LogP contribution is 2.33. The van der Waals surface area contributed by atoms with Crippen LogP contribution in [0.4, 0.5) is 10.6 Å². The number of carbonyl (C=O) groups excluding carboxylic acids is 2. The zero-order valence-electron chi connectivity index (χ0n) is 27.5. The number of aliphatic hydroxyl groups excluding tert-OH is 2. The first-order valence-electron chi connectivity index (χ1n) is 16.1. The fourth-order valence-electron chi connectivity index (χ4n) is 5.99. The third-order valence-electron chi connectivity index (χ3n) is 8.31. The van der Waals surface area contributed by atoms with Crippen LogP contribution in [0, 0.1) is 0 Å². The molecule has 5 rings (SSSR count). The van der Waals surface area contributed by atoms with Crippen LogP contribution in [0.2, 0.25) is 0 Å². The van der Waals surface area contributed by atoms with Crippen molar-refractivity contribution >= 4 is 39.7 Å². The van der Waals surface area contributed by atoms with Crippen LogP contribution in [0.5, 0.6) is 0 Å². The average Bonchev–Trinajstić information content (AvgIpc) is 3.60. The van der Waals surface area contributed by atoms with E-state index < -0.39 is 30.4 Å². The van der Waals surface area contributed by atoms with Crippen molar-refractivity contribution in [2.75, 3.05) is 25.0 Å². The molecule has 4 atom stereocenters. The molecule has 0 radical (unpaired) electrons. The lowest BCUT2D eigenvalue weighted by Crippen LogP contribution is -2.44. The first-order chi connectivity index (χ1) is 22.6. The smallest absolute Gasteiger partial charge is 0.315 e. The summed E-state index contributed by atoms with van der Waals surface area (Å²) < 4.78 is 7.33. The Balaban J connectivity index is 1.39. The number of carbonyl (C=O) groups is 2. The molecule has 14 heteroatoms. The number of urea groups is 1. The first kappa shape index (κ1) is 34.0. The molecule has 0 saturated carbocycles. The summed E-state index contributed by atoms with van der Waals surface area (Å²) in [5.74, 6) is 0.171. The molecule has 0 bridgehead atoms. The number of hydrogen-bond donors (Lipinski definition) is 6. The quantitative estimate of drug-likeness (QED) is 0.126. The molecule has 47 heavy (non-hydrogen) atoms. The maximum atomic E-state index is 12.7. The number of ether oxygens (including phenoxy) is 1. The van der Waals surface area contributed by atoms with Gasteiger partial charge in [0.15, 0.2) is 35.1 Å². The number of anilines is 1. The van der Waals surface area contributed by atoms with E-state index in [9.17, 15) is 19.8 Å². The van der Waals surface area contributed by atoms with Crippen LogP contribution < -0.4 is 21.3 Å². The molecule has 3 heterocycles. The van der Waals surface area contributed by atoms with E-state index in [1.807, 2.05) is 24.3 Å². The molecule has 1 aliphatic heterocycles. The van der Waals surface area contributed by atoms with Gasteiger partial charge in [0, 0.05) is 38.3 Å². The standard InChI is InChI=1S/C33H45N9O5/c1-6-34-31(45)28-26(43)27(44)32(47-28)42-18-38-25-29(36-16-22-12-9-11-21-10-7-8-13-23(21)22)39-24(40-30(25)42)17-37-33(46)35-14-15-41(19(2)3)20(4)5/h7-13,18-20,26-28,32,43-44H,6,14-17H2,1-5H3,(H,34,45)(H2,35,37,46)(H,36,39,40).